The van der Waals surface area contributed by atoms with Gasteiger partial charge in [0.1, 0.15) is 0 Å². The van der Waals surface area contributed by atoms with Gasteiger partial charge in [0.15, 0.2) is 0 Å². The number of nitrogens with one attached hydrogen (secondary N) is 1. The third-order valence-corrected chi connectivity index (χ3v) is 3.18. The van der Waals surface area contributed by atoms with Gasteiger partial charge in [0, 0.05) is 13.2 Å². The fourth-order valence-corrected chi connectivity index (χ4v) is 2.04. The van der Waals surface area contributed by atoms with Crippen LogP contribution in [0.3, 0.4) is 0 Å². The second kappa shape index (κ2) is 13.0. The minimum Gasteiger partial charge on any atom is -0.383 e. The molecule has 98 valence electrons. The van der Waals surface area contributed by atoms with Gasteiger partial charge in [-0.15, -0.1) is 0 Å². The molecule has 0 aromatic carbocycles. The minimum absolute atomic E-state index is 0.546. The zero-order valence-corrected chi connectivity index (χ0v) is 11.6. The average molecular weight is 229 g/mol. The lowest BCUT2D eigenvalue weighted by atomic mass is 10.1. The van der Waals surface area contributed by atoms with Crippen molar-refractivity contribution in [3.05, 3.63) is 0 Å². The van der Waals surface area contributed by atoms with E-state index in [0.29, 0.717) is 6.04 Å². The van der Waals surface area contributed by atoms with E-state index in [1.54, 1.807) is 7.11 Å². The van der Waals surface area contributed by atoms with E-state index in [1.165, 1.54) is 57.8 Å². The number of methoxy groups -OCH3 is 1. The third-order valence-electron chi connectivity index (χ3n) is 3.18. The fraction of sp³-hybridized carbons (Fsp3) is 1.00. The molecule has 0 amide bonds. The highest BCUT2D eigenvalue weighted by Crippen LogP contribution is 2.10. The predicted molar refractivity (Wildman–Crippen MR) is 72.0 cm³/mol. The van der Waals surface area contributed by atoms with E-state index in [2.05, 4.69) is 12.2 Å². The lowest BCUT2D eigenvalue weighted by molar-refractivity contribution is 0.164. The Kier molecular flexibility index (Phi) is 12.9. The first kappa shape index (κ1) is 15.9. The van der Waals surface area contributed by atoms with E-state index in [0.717, 1.165) is 6.61 Å². The van der Waals surface area contributed by atoms with Gasteiger partial charge in [0.05, 0.1) is 6.61 Å². The number of ether oxygens (including phenoxy) is 1. The van der Waals surface area contributed by atoms with E-state index in [4.69, 9.17) is 4.74 Å². The van der Waals surface area contributed by atoms with Crippen LogP contribution < -0.4 is 5.32 Å². The summed E-state index contributed by atoms with van der Waals surface area (Å²) in [4.78, 5) is 0. The van der Waals surface area contributed by atoms with Gasteiger partial charge < -0.3 is 10.1 Å². The van der Waals surface area contributed by atoms with Gasteiger partial charge in [0.25, 0.3) is 0 Å². The topological polar surface area (TPSA) is 21.3 Å². The summed E-state index contributed by atoms with van der Waals surface area (Å²) < 4.78 is 5.15. The van der Waals surface area contributed by atoms with Gasteiger partial charge in [-0.05, 0) is 13.5 Å². The minimum atomic E-state index is 0.546. The van der Waals surface area contributed by atoms with Gasteiger partial charge in [-0.3, -0.25) is 0 Å². The molecule has 2 heteroatoms. The standard InChI is InChI=1S/C14H31NO/c1-4-5-6-7-8-9-10-11-12-14(15-2)13-16-3/h14-15H,4-13H2,1-3H3. The van der Waals surface area contributed by atoms with Gasteiger partial charge in [-0.1, -0.05) is 58.3 Å². The number of likely N-dealkylation sites (N-methyl/N-ethyl adjacent to an activating group) is 1. The second-order valence-electron chi connectivity index (χ2n) is 4.70. The molecule has 1 N–H and O–H groups in total. The van der Waals surface area contributed by atoms with Gasteiger partial charge in [-0.2, -0.15) is 0 Å². The van der Waals surface area contributed by atoms with Crippen LogP contribution in [0.1, 0.15) is 64.7 Å². The molecule has 0 aromatic heterocycles. The molecule has 0 aromatic rings. The van der Waals surface area contributed by atoms with Crippen molar-refractivity contribution in [1.29, 1.82) is 0 Å². The van der Waals surface area contributed by atoms with E-state index < -0.39 is 0 Å². The quantitative estimate of drug-likeness (QED) is 0.515. The largest absolute Gasteiger partial charge is 0.383 e. The van der Waals surface area contributed by atoms with E-state index in [9.17, 15) is 0 Å². The zero-order valence-electron chi connectivity index (χ0n) is 11.6. The van der Waals surface area contributed by atoms with Crippen molar-refractivity contribution in [2.45, 2.75) is 70.8 Å². The molecule has 0 spiro atoms. The first-order valence-corrected chi connectivity index (χ1v) is 7.01. The van der Waals surface area contributed by atoms with Crippen LogP contribution in [-0.4, -0.2) is 26.8 Å². The summed E-state index contributed by atoms with van der Waals surface area (Å²) >= 11 is 0. The lowest BCUT2D eigenvalue weighted by Gasteiger charge is -2.14. The summed E-state index contributed by atoms with van der Waals surface area (Å²) in [6.07, 6.45) is 12.4. The molecule has 1 unspecified atom stereocenters. The van der Waals surface area contributed by atoms with Crippen LogP contribution in [0.25, 0.3) is 0 Å². The van der Waals surface area contributed by atoms with Crippen LogP contribution in [0.2, 0.25) is 0 Å². The van der Waals surface area contributed by atoms with Crippen LogP contribution in [0.15, 0.2) is 0 Å². The lowest BCUT2D eigenvalue weighted by Crippen LogP contribution is -2.29. The van der Waals surface area contributed by atoms with Crippen LogP contribution in [0.4, 0.5) is 0 Å². The van der Waals surface area contributed by atoms with Crippen molar-refractivity contribution in [3.63, 3.8) is 0 Å². The van der Waals surface area contributed by atoms with Crippen molar-refractivity contribution in [3.8, 4) is 0 Å². The first-order chi connectivity index (χ1) is 7.85. The van der Waals surface area contributed by atoms with Crippen molar-refractivity contribution < 1.29 is 4.74 Å². The Balaban J connectivity index is 3.12. The molecular weight excluding hydrogens is 198 g/mol. The molecule has 2 nitrogen and oxygen atoms in total. The second-order valence-corrected chi connectivity index (χ2v) is 4.70. The molecule has 0 bridgehead atoms. The summed E-state index contributed by atoms with van der Waals surface area (Å²) in [5.41, 5.74) is 0. The molecule has 1 atom stereocenters. The number of hydrogen-bond donors (Lipinski definition) is 1. The SMILES string of the molecule is CCCCCCCCCCC(COC)NC. The van der Waals surface area contributed by atoms with E-state index in [-0.39, 0.29) is 0 Å². The Morgan fingerprint density at radius 2 is 1.50 bits per heavy atom. The van der Waals surface area contributed by atoms with Crippen molar-refractivity contribution in [2.24, 2.45) is 0 Å². The molecule has 0 aliphatic carbocycles. The smallest absolute Gasteiger partial charge is 0.0615 e. The number of unbranched alkanes of at least 4 members (excludes halogenated alkanes) is 7. The average Bonchev–Trinajstić information content (AvgIpc) is 2.31. The number of hydrogen-bond acceptors (Lipinski definition) is 2. The Morgan fingerprint density at radius 1 is 0.938 bits per heavy atom. The Bertz CT molecular complexity index is 128. The summed E-state index contributed by atoms with van der Waals surface area (Å²) in [7, 11) is 3.80. The molecule has 0 radical (unpaired) electrons. The van der Waals surface area contributed by atoms with Crippen molar-refractivity contribution in [2.75, 3.05) is 20.8 Å². The molecule has 0 rings (SSSR count). The maximum absolute atomic E-state index is 5.15. The summed E-state index contributed by atoms with van der Waals surface area (Å²) in [6.45, 7) is 3.11. The number of rotatable bonds is 12. The van der Waals surface area contributed by atoms with Crippen LogP contribution in [-0.2, 0) is 4.74 Å². The third kappa shape index (κ3) is 10.4. The Hall–Kier alpha value is -0.0800. The Labute approximate surface area is 102 Å². The van der Waals surface area contributed by atoms with E-state index >= 15 is 0 Å². The van der Waals surface area contributed by atoms with Crippen molar-refractivity contribution in [1.82, 2.24) is 5.32 Å². The zero-order chi connectivity index (χ0) is 12.1. The molecule has 0 fully saturated rings. The van der Waals surface area contributed by atoms with Crippen LogP contribution in [0.5, 0.6) is 0 Å². The molecule has 0 saturated heterocycles. The maximum Gasteiger partial charge on any atom is 0.0615 e. The summed E-state index contributed by atoms with van der Waals surface area (Å²) in [5.74, 6) is 0. The monoisotopic (exact) mass is 229 g/mol. The first-order valence-electron chi connectivity index (χ1n) is 7.01. The Morgan fingerprint density at radius 3 is 2.00 bits per heavy atom. The highest BCUT2D eigenvalue weighted by molar-refractivity contribution is 4.63. The predicted octanol–water partition coefficient (Wildman–Crippen LogP) is 3.75. The molecular formula is C14H31NO. The highest BCUT2D eigenvalue weighted by Gasteiger charge is 2.03. The molecule has 0 aliphatic rings. The van der Waals surface area contributed by atoms with Gasteiger partial charge in [-0.25, -0.2) is 0 Å². The summed E-state index contributed by atoms with van der Waals surface area (Å²) in [5, 5.41) is 3.30. The van der Waals surface area contributed by atoms with Crippen molar-refractivity contribution >= 4 is 0 Å². The molecule has 0 saturated carbocycles. The molecule has 0 heterocycles. The highest BCUT2D eigenvalue weighted by atomic mass is 16.5. The summed E-state index contributed by atoms with van der Waals surface area (Å²) in [6, 6.07) is 0.546. The van der Waals surface area contributed by atoms with Gasteiger partial charge >= 0.3 is 0 Å². The molecule has 16 heavy (non-hydrogen) atoms. The molecule has 0 aliphatic heterocycles. The van der Waals surface area contributed by atoms with Crippen LogP contribution >= 0.6 is 0 Å². The van der Waals surface area contributed by atoms with Crippen LogP contribution in [0, 0.1) is 0 Å². The maximum atomic E-state index is 5.15. The fourth-order valence-electron chi connectivity index (χ4n) is 2.04. The normalized spacial score (nSPS) is 12.9. The van der Waals surface area contributed by atoms with Gasteiger partial charge in [0.2, 0.25) is 0 Å². The van der Waals surface area contributed by atoms with E-state index in [1.807, 2.05) is 7.05 Å².